The van der Waals surface area contributed by atoms with Crippen molar-refractivity contribution in [3.8, 4) is 28.2 Å². The average molecular weight is 942 g/mol. The van der Waals surface area contributed by atoms with E-state index in [1.165, 1.54) is 11.1 Å². The summed E-state index contributed by atoms with van der Waals surface area (Å²) in [6.07, 6.45) is 3.74. The predicted molar refractivity (Wildman–Crippen MR) is 235 cm³/mol. The van der Waals surface area contributed by atoms with Crippen LogP contribution in [0.3, 0.4) is 0 Å². The fraction of sp³-hybridized carbons (Fsp3) is 0.231. The smallest absolute Gasteiger partial charge is 0.151 e. The Morgan fingerprint density at radius 1 is 0.603 bits per heavy atom. The molecule has 5 aromatic carbocycles. The molecule has 0 bridgehead atoms. The van der Waals surface area contributed by atoms with Crippen molar-refractivity contribution in [2.24, 2.45) is 0 Å². The van der Waals surface area contributed by atoms with Gasteiger partial charge in [0, 0.05) is 48.7 Å². The van der Waals surface area contributed by atoms with E-state index < -0.39 is 0 Å². The molecule has 4 heterocycles. The van der Waals surface area contributed by atoms with Crippen LogP contribution in [0.1, 0.15) is 79.0 Å². The standard InChI is InChI=1S/C33H24FN2O.C19H24N.Ir/c1-33(2,3)24-17-15-22(26-12-8-9-19-35-26)31-29(24)23-16-18-25(34)30(32(23)37-31)36-27-13-6-4-10-20(27)21-11-5-7-14-28(21)36;1-18(2,3)15-9-7-8-14(12-15)17-11-10-16(13-20-17)19(4,5)6;/h4-14,16-19H,1-3H3;7,9-13H,1-6H3;/q2*-1;. The zero-order valence-electron chi connectivity index (χ0n) is 34.6. The van der Waals surface area contributed by atoms with Gasteiger partial charge in [0.1, 0.15) is 11.3 Å². The van der Waals surface area contributed by atoms with Gasteiger partial charge >= 0.3 is 0 Å². The number of hydrogen-bond donors (Lipinski definition) is 0. The van der Waals surface area contributed by atoms with Crippen molar-refractivity contribution in [1.82, 2.24) is 14.5 Å². The summed E-state index contributed by atoms with van der Waals surface area (Å²) in [7, 11) is 0. The fourth-order valence-corrected chi connectivity index (χ4v) is 7.59. The molecule has 0 atom stereocenters. The summed E-state index contributed by atoms with van der Waals surface area (Å²) in [6.45, 7) is 19.8. The molecule has 0 aliphatic carbocycles. The number of aromatic nitrogens is 3. The number of nitrogens with zero attached hydrogens (tertiary/aromatic N) is 3. The van der Waals surface area contributed by atoms with E-state index in [1.54, 1.807) is 12.3 Å². The van der Waals surface area contributed by atoms with Gasteiger partial charge in [-0.3, -0.25) is 0 Å². The first-order chi connectivity index (χ1) is 27.1. The number of hydrogen-bond acceptors (Lipinski definition) is 3. The first-order valence-electron chi connectivity index (χ1n) is 19.6. The second-order valence-electron chi connectivity index (χ2n) is 17.9. The third-order valence-corrected chi connectivity index (χ3v) is 10.7. The van der Waals surface area contributed by atoms with Crippen LogP contribution < -0.4 is 0 Å². The van der Waals surface area contributed by atoms with Crippen molar-refractivity contribution in [3.63, 3.8) is 0 Å². The Kier molecular flexibility index (Phi) is 10.8. The minimum absolute atomic E-state index is 0. The number of para-hydroxylation sites is 2. The van der Waals surface area contributed by atoms with Crippen LogP contribution in [0, 0.1) is 17.9 Å². The molecule has 0 unspecified atom stereocenters. The van der Waals surface area contributed by atoms with Crippen molar-refractivity contribution in [2.45, 2.75) is 78.6 Å². The largest absolute Gasteiger partial charge is 0.498 e. The van der Waals surface area contributed by atoms with Gasteiger partial charge in [-0.25, -0.2) is 4.39 Å². The number of benzene rings is 5. The topological polar surface area (TPSA) is 43.9 Å². The van der Waals surface area contributed by atoms with Crippen LogP contribution in [-0.4, -0.2) is 14.5 Å². The van der Waals surface area contributed by atoms with E-state index in [2.05, 4.69) is 121 Å². The zero-order chi connectivity index (χ0) is 40.3. The van der Waals surface area contributed by atoms with E-state index >= 15 is 4.39 Å². The van der Waals surface area contributed by atoms with Crippen molar-refractivity contribution >= 4 is 43.7 Å². The Labute approximate surface area is 354 Å². The third-order valence-electron chi connectivity index (χ3n) is 10.7. The molecular weight excluding hydrogens is 894 g/mol. The van der Waals surface area contributed by atoms with Gasteiger partial charge < -0.3 is 19.0 Å². The van der Waals surface area contributed by atoms with Gasteiger partial charge in [0.15, 0.2) is 5.82 Å². The molecule has 0 saturated heterocycles. The number of halogens is 1. The van der Waals surface area contributed by atoms with Crippen LogP contribution in [0.4, 0.5) is 4.39 Å². The van der Waals surface area contributed by atoms with Gasteiger partial charge in [-0.15, -0.1) is 53.1 Å². The maximum atomic E-state index is 15.9. The van der Waals surface area contributed by atoms with Crippen LogP contribution in [0.25, 0.3) is 71.9 Å². The summed E-state index contributed by atoms with van der Waals surface area (Å²) in [5, 5.41) is 4.00. The molecule has 9 rings (SSSR count). The third kappa shape index (κ3) is 7.52. The molecule has 0 spiro atoms. The molecule has 6 heteroatoms. The Bertz CT molecular complexity index is 2850. The first kappa shape index (κ1) is 40.8. The molecule has 4 nitrogen and oxygen atoms in total. The molecule has 0 aliphatic rings. The molecule has 0 amide bonds. The van der Waals surface area contributed by atoms with Crippen LogP contribution in [0.15, 0.2) is 132 Å². The number of pyridine rings is 2. The van der Waals surface area contributed by atoms with Gasteiger partial charge in [-0.1, -0.05) is 134 Å². The Hall–Kier alpha value is -5.42. The summed E-state index contributed by atoms with van der Waals surface area (Å²) in [4.78, 5) is 9.17. The van der Waals surface area contributed by atoms with Gasteiger partial charge in [0.05, 0.1) is 16.6 Å². The molecule has 0 fully saturated rings. The summed E-state index contributed by atoms with van der Waals surface area (Å²) in [5.41, 5.74) is 10.9. The molecule has 9 aromatic rings. The normalized spacial score (nSPS) is 12.2. The van der Waals surface area contributed by atoms with Gasteiger partial charge in [-0.2, -0.15) is 0 Å². The molecule has 0 saturated carbocycles. The van der Waals surface area contributed by atoms with Crippen molar-refractivity contribution in [2.75, 3.05) is 0 Å². The van der Waals surface area contributed by atoms with Gasteiger partial charge in [-0.05, 0) is 63.5 Å². The van der Waals surface area contributed by atoms with Crippen LogP contribution in [0.2, 0.25) is 0 Å². The number of furan rings is 1. The summed E-state index contributed by atoms with van der Waals surface area (Å²) >= 11 is 0. The first-order valence-corrected chi connectivity index (χ1v) is 19.6. The molecular formula is C52H48FIrN3O-2. The Morgan fingerprint density at radius 3 is 1.84 bits per heavy atom. The predicted octanol–water partition coefficient (Wildman–Crippen LogP) is 14.1. The van der Waals surface area contributed by atoms with Crippen molar-refractivity contribution in [3.05, 3.63) is 162 Å². The second-order valence-corrected chi connectivity index (χ2v) is 17.9. The minimum atomic E-state index is -0.335. The molecule has 295 valence electrons. The van der Waals surface area contributed by atoms with Gasteiger partial charge in [0.25, 0.3) is 0 Å². The average Bonchev–Trinajstić information content (AvgIpc) is 3.74. The second kappa shape index (κ2) is 15.4. The van der Waals surface area contributed by atoms with E-state index in [9.17, 15) is 0 Å². The molecule has 1 radical (unpaired) electrons. The maximum absolute atomic E-state index is 15.9. The van der Waals surface area contributed by atoms with Crippen LogP contribution in [-0.2, 0) is 36.4 Å². The van der Waals surface area contributed by atoms with Crippen molar-refractivity contribution < 1.29 is 28.9 Å². The Balaban J connectivity index is 0.000000208. The monoisotopic (exact) mass is 942 g/mol. The maximum Gasteiger partial charge on any atom is 0.151 e. The summed E-state index contributed by atoms with van der Waals surface area (Å²) in [5.74, 6) is -0.335. The quantitative estimate of drug-likeness (QED) is 0.166. The van der Waals surface area contributed by atoms with E-state index in [0.717, 1.165) is 60.7 Å². The molecule has 0 aliphatic heterocycles. The summed E-state index contributed by atoms with van der Waals surface area (Å²) in [6, 6.07) is 44.8. The van der Waals surface area contributed by atoms with Crippen LogP contribution in [0.5, 0.6) is 0 Å². The van der Waals surface area contributed by atoms with E-state index in [0.29, 0.717) is 16.9 Å². The van der Waals surface area contributed by atoms with E-state index in [1.807, 2.05) is 83.6 Å². The number of fused-ring (bicyclic) bond motifs is 6. The number of rotatable bonds is 3. The molecule has 0 N–H and O–H groups in total. The Morgan fingerprint density at radius 2 is 1.26 bits per heavy atom. The molecule has 4 aromatic heterocycles. The minimum Gasteiger partial charge on any atom is -0.498 e. The van der Waals surface area contributed by atoms with Gasteiger partial charge in [0.2, 0.25) is 0 Å². The SMILES string of the molecule is CC(C)(C)c1c[c-]c(-c2ccccn2)c2oc3c(-n4c5ccccc5c5ccccc54)c(F)ccc3c12.CC(C)(C)c1ccc(-c2[c-]ccc(C(C)(C)C)c2)nc1.[Ir]. The van der Waals surface area contributed by atoms with Crippen LogP contribution >= 0.6 is 0 Å². The van der Waals surface area contributed by atoms with E-state index in [-0.39, 0.29) is 42.2 Å². The summed E-state index contributed by atoms with van der Waals surface area (Å²) < 4.78 is 24.6. The zero-order valence-corrected chi connectivity index (χ0v) is 37.0. The fourth-order valence-electron chi connectivity index (χ4n) is 7.59. The van der Waals surface area contributed by atoms with Crippen molar-refractivity contribution in [1.29, 1.82) is 0 Å². The molecule has 58 heavy (non-hydrogen) atoms. The van der Waals surface area contributed by atoms with E-state index in [4.69, 9.17) is 4.42 Å².